The summed E-state index contributed by atoms with van der Waals surface area (Å²) in [6, 6.07) is 7.50. The van der Waals surface area contributed by atoms with Gasteiger partial charge >= 0.3 is 10.2 Å². The molecule has 0 aliphatic carbocycles. The van der Waals surface area contributed by atoms with Gasteiger partial charge in [-0.05, 0) is 30.9 Å². The zero-order valence-electron chi connectivity index (χ0n) is 11.5. The smallest absolute Gasteiger partial charge is 0.304 e. The van der Waals surface area contributed by atoms with Crippen LogP contribution < -0.4 is 10.0 Å². The van der Waals surface area contributed by atoms with E-state index in [0.717, 1.165) is 30.5 Å². The van der Waals surface area contributed by atoms with Crippen LogP contribution in [0.3, 0.4) is 0 Å². The Labute approximate surface area is 120 Å². The molecule has 0 spiro atoms. The predicted molar refractivity (Wildman–Crippen MR) is 79.7 cm³/mol. The highest BCUT2D eigenvalue weighted by atomic mass is 32.2. The van der Waals surface area contributed by atoms with Crippen LogP contribution in [-0.4, -0.2) is 32.4 Å². The molecule has 5 nitrogen and oxygen atoms in total. The molecule has 1 atom stereocenters. The zero-order valence-corrected chi connectivity index (χ0v) is 12.3. The topological polar surface area (TPSA) is 66.6 Å². The van der Waals surface area contributed by atoms with E-state index in [0.29, 0.717) is 26.1 Å². The van der Waals surface area contributed by atoms with E-state index in [1.807, 2.05) is 24.3 Å². The first-order valence-electron chi connectivity index (χ1n) is 7.23. The summed E-state index contributed by atoms with van der Waals surface area (Å²) in [5.74, 6) is 0. The van der Waals surface area contributed by atoms with Gasteiger partial charge < -0.3 is 5.73 Å². The quantitative estimate of drug-likeness (QED) is 0.901. The lowest BCUT2D eigenvalue weighted by molar-refractivity contribution is 0.344. The first kappa shape index (κ1) is 13.9. The van der Waals surface area contributed by atoms with Gasteiger partial charge in [0.05, 0.1) is 5.69 Å². The van der Waals surface area contributed by atoms with Gasteiger partial charge in [-0.3, -0.25) is 4.31 Å². The van der Waals surface area contributed by atoms with Crippen LogP contribution in [0.1, 0.15) is 37.3 Å². The summed E-state index contributed by atoms with van der Waals surface area (Å²) in [6.45, 7) is 1.73. The molecule has 1 aromatic rings. The van der Waals surface area contributed by atoms with Gasteiger partial charge in [-0.25, -0.2) is 0 Å². The fourth-order valence-corrected chi connectivity index (χ4v) is 4.78. The second kappa shape index (κ2) is 5.35. The average molecular weight is 295 g/mol. The Morgan fingerprint density at radius 3 is 2.50 bits per heavy atom. The number of fused-ring (bicyclic) bond motifs is 1. The lowest BCUT2D eigenvalue weighted by Gasteiger charge is -2.37. The number of hydrogen-bond donors (Lipinski definition) is 1. The summed E-state index contributed by atoms with van der Waals surface area (Å²) < 4.78 is 28.8. The van der Waals surface area contributed by atoms with E-state index in [4.69, 9.17) is 5.73 Å². The van der Waals surface area contributed by atoms with E-state index in [1.54, 1.807) is 4.31 Å². The van der Waals surface area contributed by atoms with Crippen LogP contribution >= 0.6 is 0 Å². The Kier molecular flexibility index (Phi) is 3.70. The molecule has 2 aliphatic rings. The highest BCUT2D eigenvalue weighted by Gasteiger charge is 2.35. The van der Waals surface area contributed by atoms with E-state index in [1.165, 1.54) is 4.31 Å². The summed E-state index contributed by atoms with van der Waals surface area (Å²) in [5, 5.41) is 0. The molecule has 0 saturated carbocycles. The molecule has 1 unspecified atom stereocenters. The van der Waals surface area contributed by atoms with Crippen molar-refractivity contribution in [3.8, 4) is 0 Å². The van der Waals surface area contributed by atoms with Crippen molar-refractivity contribution in [3.05, 3.63) is 29.8 Å². The maximum absolute atomic E-state index is 12.8. The van der Waals surface area contributed by atoms with Gasteiger partial charge in [0.2, 0.25) is 0 Å². The van der Waals surface area contributed by atoms with Crippen molar-refractivity contribution in [2.45, 2.75) is 31.7 Å². The number of hydrogen-bond acceptors (Lipinski definition) is 3. The fraction of sp³-hybridized carbons (Fsp3) is 0.571. The van der Waals surface area contributed by atoms with Gasteiger partial charge in [0.15, 0.2) is 0 Å². The van der Waals surface area contributed by atoms with Crippen molar-refractivity contribution < 1.29 is 8.42 Å². The minimum atomic E-state index is -3.41. The van der Waals surface area contributed by atoms with E-state index in [2.05, 4.69) is 0 Å². The molecule has 0 aromatic heterocycles. The third kappa shape index (κ3) is 2.32. The molecule has 110 valence electrons. The summed E-state index contributed by atoms with van der Waals surface area (Å²) in [5.41, 5.74) is 7.77. The molecule has 2 N–H and O–H groups in total. The molecular formula is C14H21N3O2S. The minimum absolute atomic E-state index is 0.0704. The number of piperidine rings is 1. The summed E-state index contributed by atoms with van der Waals surface area (Å²) >= 11 is 0. The van der Waals surface area contributed by atoms with Crippen LogP contribution in [-0.2, 0) is 10.2 Å². The van der Waals surface area contributed by atoms with Gasteiger partial charge in [-0.2, -0.15) is 12.7 Å². The Hall–Kier alpha value is -1.11. The van der Waals surface area contributed by atoms with Crippen molar-refractivity contribution in [1.82, 2.24) is 4.31 Å². The highest BCUT2D eigenvalue weighted by molar-refractivity contribution is 7.90. The summed E-state index contributed by atoms with van der Waals surface area (Å²) in [7, 11) is -3.41. The molecule has 1 saturated heterocycles. The molecular weight excluding hydrogens is 274 g/mol. The third-order valence-electron chi connectivity index (χ3n) is 4.17. The maximum atomic E-state index is 12.8. The van der Waals surface area contributed by atoms with Crippen molar-refractivity contribution in [1.29, 1.82) is 0 Å². The zero-order chi connectivity index (χ0) is 14.2. The Bertz CT molecular complexity index is 582. The van der Waals surface area contributed by atoms with Crippen molar-refractivity contribution >= 4 is 15.9 Å². The molecule has 3 rings (SSSR count). The number of nitrogens with zero attached hydrogens (tertiary/aromatic N) is 2. The van der Waals surface area contributed by atoms with E-state index < -0.39 is 10.2 Å². The van der Waals surface area contributed by atoms with Crippen LogP contribution in [0.25, 0.3) is 0 Å². The second-order valence-electron chi connectivity index (χ2n) is 5.49. The number of rotatable bonds is 2. The highest BCUT2D eigenvalue weighted by Crippen LogP contribution is 2.35. The molecule has 6 heteroatoms. The van der Waals surface area contributed by atoms with Crippen molar-refractivity contribution in [2.24, 2.45) is 5.73 Å². The van der Waals surface area contributed by atoms with Crippen LogP contribution in [0, 0.1) is 0 Å². The van der Waals surface area contributed by atoms with Crippen LogP contribution in [0.5, 0.6) is 0 Å². The van der Waals surface area contributed by atoms with Crippen molar-refractivity contribution in [3.63, 3.8) is 0 Å². The molecule has 20 heavy (non-hydrogen) atoms. The molecule has 1 fully saturated rings. The van der Waals surface area contributed by atoms with Gasteiger partial charge in [-0.1, -0.05) is 24.6 Å². The summed E-state index contributed by atoms with van der Waals surface area (Å²) in [6.07, 6.45) is 3.69. The van der Waals surface area contributed by atoms with E-state index >= 15 is 0 Å². The maximum Gasteiger partial charge on any atom is 0.304 e. The molecule has 2 heterocycles. The van der Waals surface area contributed by atoms with E-state index in [9.17, 15) is 8.42 Å². The SMILES string of the molecule is NC1CCN(S(=O)(=O)N2CCCCC2)c2ccccc21. The number of para-hydroxylation sites is 1. The van der Waals surface area contributed by atoms with Crippen LogP contribution in [0.4, 0.5) is 5.69 Å². The van der Waals surface area contributed by atoms with Crippen LogP contribution in [0.15, 0.2) is 24.3 Å². The third-order valence-corrected chi connectivity index (χ3v) is 6.12. The lowest BCUT2D eigenvalue weighted by atomic mass is 9.99. The molecule has 0 amide bonds. The summed E-state index contributed by atoms with van der Waals surface area (Å²) in [4.78, 5) is 0. The molecule has 2 aliphatic heterocycles. The molecule has 0 radical (unpaired) electrons. The Balaban J connectivity index is 1.96. The largest absolute Gasteiger partial charge is 0.324 e. The second-order valence-corrected chi connectivity index (χ2v) is 7.35. The first-order valence-corrected chi connectivity index (χ1v) is 8.63. The van der Waals surface area contributed by atoms with Crippen molar-refractivity contribution in [2.75, 3.05) is 23.9 Å². The van der Waals surface area contributed by atoms with Gasteiger partial charge in [-0.15, -0.1) is 0 Å². The lowest BCUT2D eigenvalue weighted by Crippen LogP contribution is -2.48. The predicted octanol–water partition coefficient (Wildman–Crippen LogP) is 1.63. The molecule has 1 aromatic carbocycles. The van der Waals surface area contributed by atoms with Gasteiger partial charge in [0.1, 0.15) is 0 Å². The minimum Gasteiger partial charge on any atom is -0.324 e. The normalized spacial score (nSPS) is 24.4. The van der Waals surface area contributed by atoms with E-state index in [-0.39, 0.29) is 6.04 Å². The number of benzene rings is 1. The monoisotopic (exact) mass is 295 g/mol. The van der Waals surface area contributed by atoms with Gasteiger partial charge in [0.25, 0.3) is 0 Å². The Morgan fingerprint density at radius 1 is 1.05 bits per heavy atom. The first-order chi connectivity index (χ1) is 9.60. The van der Waals surface area contributed by atoms with Crippen LogP contribution in [0.2, 0.25) is 0 Å². The standard InChI is InChI=1S/C14H21N3O2S/c15-13-8-11-17(14-7-3-2-6-12(13)14)20(18,19)16-9-4-1-5-10-16/h2-3,6-7,13H,1,4-5,8-11,15H2. The molecule has 0 bridgehead atoms. The van der Waals surface area contributed by atoms with Gasteiger partial charge in [0, 0.05) is 25.7 Å². The average Bonchev–Trinajstić information content (AvgIpc) is 2.48. The number of nitrogens with two attached hydrogens (primary N) is 1. The fourth-order valence-electron chi connectivity index (χ4n) is 3.04. The number of anilines is 1. The Morgan fingerprint density at radius 2 is 1.75 bits per heavy atom.